The fourth-order valence-electron chi connectivity index (χ4n) is 1.80. The van der Waals surface area contributed by atoms with Gasteiger partial charge in [0.05, 0.1) is 5.25 Å². The van der Waals surface area contributed by atoms with Gasteiger partial charge in [-0.25, -0.2) is 0 Å². The van der Waals surface area contributed by atoms with Gasteiger partial charge in [0.2, 0.25) is 0 Å². The van der Waals surface area contributed by atoms with Crippen molar-refractivity contribution in [1.29, 1.82) is 0 Å². The maximum atomic E-state index is 3.80. The van der Waals surface area contributed by atoms with E-state index in [0.29, 0.717) is 5.25 Å². The van der Waals surface area contributed by atoms with E-state index < -0.39 is 0 Å². The topological polar surface area (TPSA) is 0 Å². The normalized spacial score (nSPS) is 10.4. The van der Waals surface area contributed by atoms with E-state index in [1.165, 1.54) is 11.1 Å². The highest BCUT2D eigenvalue weighted by molar-refractivity contribution is 7.99. The zero-order valence-corrected chi connectivity index (χ0v) is 10.6. The molecule has 0 unspecified atom stereocenters. The summed E-state index contributed by atoms with van der Waals surface area (Å²) in [6.45, 7) is 3.80. The van der Waals surface area contributed by atoms with E-state index in [2.05, 4.69) is 67.2 Å². The van der Waals surface area contributed by atoms with Crippen LogP contribution in [0.25, 0.3) is 0 Å². The molecule has 0 amide bonds. The van der Waals surface area contributed by atoms with Crippen LogP contribution in [0, 0.1) is 0 Å². The Hall–Kier alpha value is -1.47. The number of thioether (sulfide) groups is 1. The Morgan fingerprint density at radius 1 is 0.882 bits per heavy atom. The van der Waals surface area contributed by atoms with Crippen LogP contribution in [0.1, 0.15) is 16.4 Å². The second-order valence-electron chi connectivity index (χ2n) is 3.82. The molecule has 1 heteroatoms. The minimum atomic E-state index is 0.399. The van der Waals surface area contributed by atoms with Gasteiger partial charge in [0.15, 0.2) is 0 Å². The third-order valence-electron chi connectivity index (χ3n) is 2.59. The van der Waals surface area contributed by atoms with Crippen molar-refractivity contribution in [3.05, 3.63) is 84.4 Å². The number of hydrogen-bond acceptors (Lipinski definition) is 1. The summed E-state index contributed by atoms with van der Waals surface area (Å²) in [4.78, 5) is 0. The van der Waals surface area contributed by atoms with Gasteiger partial charge in [-0.3, -0.25) is 0 Å². The van der Waals surface area contributed by atoms with Gasteiger partial charge in [-0.2, -0.15) is 0 Å². The zero-order chi connectivity index (χ0) is 11.9. The van der Waals surface area contributed by atoms with Crippen LogP contribution >= 0.6 is 11.8 Å². The van der Waals surface area contributed by atoms with Gasteiger partial charge in [-0.1, -0.05) is 66.7 Å². The van der Waals surface area contributed by atoms with Crippen LogP contribution in [0.3, 0.4) is 0 Å². The molecular weight excluding hydrogens is 224 g/mol. The number of rotatable bonds is 5. The lowest BCUT2D eigenvalue weighted by atomic mass is 10.0. The standard InChI is InChI=1S/C16H16S/c1-2-13-17-16(14-9-5-3-6-10-14)15-11-7-4-8-12-15/h2-12,16H,1,13H2. The zero-order valence-electron chi connectivity index (χ0n) is 9.75. The maximum absolute atomic E-state index is 3.80. The molecule has 0 saturated heterocycles. The molecule has 0 aliphatic carbocycles. The lowest BCUT2D eigenvalue weighted by Gasteiger charge is -2.16. The average molecular weight is 240 g/mol. The Morgan fingerprint density at radius 2 is 1.35 bits per heavy atom. The van der Waals surface area contributed by atoms with Crippen molar-refractivity contribution >= 4 is 11.8 Å². The summed E-state index contributed by atoms with van der Waals surface area (Å²) in [7, 11) is 0. The molecule has 0 atom stereocenters. The third-order valence-corrected chi connectivity index (χ3v) is 3.89. The number of hydrogen-bond donors (Lipinski definition) is 0. The van der Waals surface area contributed by atoms with Crippen molar-refractivity contribution in [3.8, 4) is 0 Å². The molecule has 2 rings (SSSR count). The van der Waals surface area contributed by atoms with E-state index in [1.54, 1.807) is 0 Å². The molecule has 0 saturated carbocycles. The molecule has 0 N–H and O–H groups in total. The summed E-state index contributed by atoms with van der Waals surface area (Å²) in [6.07, 6.45) is 1.96. The molecule has 0 radical (unpaired) electrons. The van der Waals surface area contributed by atoms with Gasteiger partial charge < -0.3 is 0 Å². The molecule has 0 nitrogen and oxygen atoms in total. The van der Waals surface area contributed by atoms with Crippen molar-refractivity contribution in [1.82, 2.24) is 0 Å². The van der Waals surface area contributed by atoms with Gasteiger partial charge in [-0.15, -0.1) is 18.3 Å². The second-order valence-corrected chi connectivity index (χ2v) is 4.96. The van der Waals surface area contributed by atoms with Crippen molar-refractivity contribution < 1.29 is 0 Å². The monoisotopic (exact) mass is 240 g/mol. The minimum Gasteiger partial charge on any atom is -0.145 e. The molecule has 0 heterocycles. The summed E-state index contributed by atoms with van der Waals surface area (Å²) < 4.78 is 0. The van der Waals surface area contributed by atoms with Crippen LogP contribution in [0.5, 0.6) is 0 Å². The smallest absolute Gasteiger partial charge is 0.0549 e. The van der Waals surface area contributed by atoms with Crippen molar-refractivity contribution in [2.75, 3.05) is 5.75 Å². The molecule has 2 aromatic carbocycles. The first-order chi connectivity index (χ1) is 8.42. The largest absolute Gasteiger partial charge is 0.145 e. The molecule has 0 bridgehead atoms. The van der Waals surface area contributed by atoms with E-state index in [9.17, 15) is 0 Å². The van der Waals surface area contributed by atoms with E-state index in [1.807, 2.05) is 17.8 Å². The maximum Gasteiger partial charge on any atom is 0.0549 e. The Balaban J connectivity index is 2.29. The Kier molecular flexibility index (Phi) is 4.45. The highest BCUT2D eigenvalue weighted by atomic mass is 32.2. The molecule has 0 aromatic heterocycles. The van der Waals surface area contributed by atoms with Crippen LogP contribution in [-0.2, 0) is 0 Å². The van der Waals surface area contributed by atoms with Gasteiger partial charge >= 0.3 is 0 Å². The predicted molar refractivity (Wildman–Crippen MR) is 77.4 cm³/mol. The molecule has 0 fully saturated rings. The second kappa shape index (κ2) is 6.31. The molecule has 17 heavy (non-hydrogen) atoms. The van der Waals surface area contributed by atoms with Crippen LogP contribution in [0.2, 0.25) is 0 Å². The first-order valence-corrected chi connectivity index (χ1v) is 6.79. The quantitative estimate of drug-likeness (QED) is 0.683. The van der Waals surface area contributed by atoms with Gasteiger partial charge in [0.1, 0.15) is 0 Å². The van der Waals surface area contributed by atoms with Crippen LogP contribution in [0.15, 0.2) is 73.3 Å². The Bertz CT molecular complexity index is 408. The van der Waals surface area contributed by atoms with E-state index in [-0.39, 0.29) is 0 Å². The highest BCUT2D eigenvalue weighted by Gasteiger charge is 2.12. The minimum absolute atomic E-state index is 0.399. The summed E-state index contributed by atoms with van der Waals surface area (Å²) >= 11 is 1.91. The van der Waals surface area contributed by atoms with E-state index >= 15 is 0 Å². The predicted octanol–water partition coefficient (Wildman–Crippen LogP) is 4.70. The molecule has 0 aliphatic heterocycles. The molecule has 86 valence electrons. The third kappa shape index (κ3) is 3.24. The van der Waals surface area contributed by atoms with Crippen LogP contribution in [0.4, 0.5) is 0 Å². The lowest BCUT2D eigenvalue weighted by molar-refractivity contribution is 1.16. The molecule has 0 aliphatic rings. The van der Waals surface area contributed by atoms with Crippen molar-refractivity contribution in [3.63, 3.8) is 0 Å². The van der Waals surface area contributed by atoms with Crippen LogP contribution in [-0.4, -0.2) is 5.75 Å². The Labute approximate surface area is 107 Å². The Morgan fingerprint density at radius 3 is 1.76 bits per heavy atom. The first-order valence-electron chi connectivity index (χ1n) is 5.74. The first kappa shape index (κ1) is 12.0. The SMILES string of the molecule is C=CCSC(c1ccccc1)c1ccccc1. The summed E-state index contributed by atoms with van der Waals surface area (Å²) in [5, 5.41) is 0.399. The molecular formula is C16H16S. The van der Waals surface area contributed by atoms with Crippen molar-refractivity contribution in [2.24, 2.45) is 0 Å². The fourth-order valence-corrected chi connectivity index (χ4v) is 2.83. The van der Waals surface area contributed by atoms with Gasteiger partial charge in [-0.05, 0) is 11.1 Å². The average Bonchev–Trinajstić information content (AvgIpc) is 2.42. The fraction of sp³-hybridized carbons (Fsp3) is 0.125. The van der Waals surface area contributed by atoms with Crippen molar-refractivity contribution in [2.45, 2.75) is 5.25 Å². The highest BCUT2D eigenvalue weighted by Crippen LogP contribution is 2.35. The lowest BCUT2D eigenvalue weighted by Crippen LogP contribution is -1.96. The van der Waals surface area contributed by atoms with E-state index in [0.717, 1.165) is 5.75 Å². The number of benzene rings is 2. The molecule has 0 spiro atoms. The van der Waals surface area contributed by atoms with Gasteiger partial charge in [0.25, 0.3) is 0 Å². The van der Waals surface area contributed by atoms with Gasteiger partial charge in [0, 0.05) is 5.75 Å². The van der Waals surface area contributed by atoms with E-state index in [4.69, 9.17) is 0 Å². The summed E-state index contributed by atoms with van der Waals surface area (Å²) in [5.41, 5.74) is 2.70. The summed E-state index contributed by atoms with van der Waals surface area (Å²) in [6, 6.07) is 21.3. The molecule has 2 aromatic rings. The summed E-state index contributed by atoms with van der Waals surface area (Å²) in [5.74, 6) is 0.967. The van der Waals surface area contributed by atoms with Crippen LogP contribution < -0.4 is 0 Å².